The SMILES string of the molecule is O=C(CCC(CO[N+](=O)[O-])O[N+](=O)[O-])Oc1ccccc1C(=O)O. The molecule has 0 saturated carbocycles. The fourth-order valence-corrected chi connectivity index (χ4v) is 1.62. The van der Waals surface area contributed by atoms with E-state index in [2.05, 4.69) is 9.68 Å². The van der Waals surface area contributed by atoms with Crippen LogP contribution in [0.5, 0.6) is 5.75 Å². The fourth-order valence-electron chi connectivity index (χ4n) is 1.62. The predicted octanol–water partition coefficient (Wildman–Crippen LogP) is 0.856. The van der Waals surface area contributed by atoms with Crippen LogP contribution in [-0.2, 0) is 14.5 Å². The van der Waals surface area contributed by atoms with E-state index in [0.717, 1.165) is 0 Å². The van der Waals surface area contributed by atoms with Crippen molar-refractivity contribution >= 4 is 11.9 Å². The lowest BCUT2D eigenvalue weighted by Crippen LogP contribution is -2.26. The summed E-state index contributed by atoms with van der Waals surface area (Å²) in [5.41, 5.74) is -0.236. The van der Waals surface area contributed by atoms with E-state index in [1.807, 2.05) is 0 Å². The zero-order valence-electron chi connectivity index (χ0n) is 12.0. The third-order valence-corrected chi connectivity index (χ3v) is 2.61. The van der Waals surface area contributed by atoms with Crippen LogP contribution in [0.25, 0.3) is 0 Å². The fraction of sp³-hybridized carbons (Fsp3) is 0.333. The van der Waals surface area contributed by atoms with Gasteiger partial charge in [0.1, 0.15) is 24.0 Å². The van der Waals surface area contributed by atoms with E-state index in [9.17, 15) is 29.8 Å². The summed E-state index contributed by atoms with van der Waals surface area (Å²) in [7, 11) is 0. The van der Waals surface area contributed by atoms with Crippen LogP contribution in [0.2, 0.25) is 0 Å². The molecule has 0 aliphatic heterocycles. The third-order valence-electron chi connectivity index (χ3n) is 2.61. The Bertz CT molecular complexity index is 632. The number of carboxylic acid groups (broad SMARTS) is 1. The number of carboxylic acids is 1. The van der Waals surface area contributed by atoms with Crippen molar-refractivity contribution < 1.29 is 39.3 Å². The molecule has 0 radical (unpaired) electrons. The van der Waals surface area contributed by atoms with E-state index < -0.39 is 41.2 Å². The van der Waals surface area contributed by atoms with Crippen LogP contribution in [0.4, 0.5) is 0 Å². The number of ether oxygens (including phenoxy) is 1. The van der Waals surface area contributed by atoms with Gasteiger partial charge in [0.25, 0.3) is 10.2 Å². The molecular weight excluding hydrogens is 332 g/mol. The van der Waals surface area contributed by atoms with Crippen molar-refractivity contribution in [2.75, 3.05) is 6.61 Å². The molecule has 0 aliphatic carbocycles. The first-order chi connectivity index (χ1) is 11.3. The maximum atomic E-state index is 11.7. The molecule has 1 N–H and O–H groups in total. The molecule has 1 rings (SSSR count). The highest BCUT2D eigenvalue weighted by Crippen LogP contribution is 2.19. The zero-order valence-corrected chi connectivity index (χ0v) is 12.0. The van der Waals surface area contributed by atoms with Gasteiger partial charge in [-0.3, -0.25) is 4.79 Å². The van der Waals surface area contributed by atoms with Gasteiger partial charge in [-0.2, -0.15) is 0 Å². The number of para-hydroxylation sites is 1. The number of carbonyl (C=O) groups excluding carboxylic acids is 1. The number of hydrogen-bond donors (Lipinski definition) is 1. The van der Waals surface area contributed by atoms with E-state index in [1.54, 1.807) is 0 Å². The summed E-state index contributed by atoms with van der Waals surface area (Å²) in [6.45, 7) is -0.743. The Kier molecular flexibility index (Phi) is 6.88. The monoisotopic (exact) mass is 344 g/mol. The highest BCUT2D eigenvalue weighted by atomic mass is 17.0. The molecule has 1 aromatic rings. The van der Waals surface area contributed by atoms with Crippen molar-refractivity contribution in [3.8, 4) is 5.75 Å². The van der Waals surface area contributed by atoms with Crippen molar-refractivity contribution in [1.29, 1.82) is 0 Å². The molecule has 1 aromatic carbocycles. The summed E-state index contributed by atoms with van der Waals surface area (Å²) in [5, 5.41) is 27.0. The first-order valence-corrected chi connectivity index (χ1v) is 6.41. The number of aromatic carboxylic acids is 1. The van der Waals surface area contributed by atoms with Gasteiger partial charge in [-0.15, -0.1) is 20.2 Å². The molecule has 12 heteroatoms. The normalized spacial score (nSPS) is 11.2. The van der Waals surface area contributed by atoms with Crippen LogP contribution in [0, 0.1) is 20.2 Å². The van der Waals surface area contributed by atoms with Gasteiger partial charge in [-0.1, -0.05) is 12.1 Å². The summed E-state index contributed by atoms with van der Waals surface area (Å²) in [5.74, 6) is -2.38. The second-order valence-corrected chi connectivity index (χ2v) is 4.28. The van der Waals surface area contributed by atoms with Gasteiger partial charge in [-0.25, -0.2) is 4.79 Å². The number of hydrogen-bond acceptors (Lipinski definition) is 9. The molecule has 0 spiro atoms. The van der Waals surface area contributed by atoms with Crippen molar-refractivity contribution in [1.82, 2.24) is 0 Å². The number of carbonyl (C=O) groups is 2. The predicted molar refractivity (Wildman–Crippen MR) is 73.1 cm³/mol. The van der Waals surface area contributed by atoms with E-state index in [4.69, 9.17) is 9.84 Å². The Hall–Kier alpha value is -3.44. The minimum atomic E-state index is -1.35. The Balaban J connectivity index is 2.61. The molecule has 0 fully saturated rings. The minimum absolute atomic E-state index is 0.191. The molecular formula is C12H12N2O10. The van der Waals surface area contributed by atoms with Crippen LogP contribution < -0.4 is 4.74 Å². The average Bonchev–Trinajstić information content (AvgIpc) is 2.49. The largest absolute Gasteiger partial charge is 0.478 e. The molecule has 0 heterocycles. The average molecular weight is 344 g/mol. The first kappa shape index (κ1) is 18.6. The lowest BCUT2D eigenvalue weighted by Gasteiger charge is -2.13. The van der Waals surface area contributed by atoms with Gasteiger partial charge < -0.3 is 19.5 Å². The molecule has 1 atom stereocenters. The Morgan fingerprint density at radius 2 is 1.83 bits per heavy atom. The Morgan fingerprint density at radius 3 is 2.42 bits per heavy atom. The topological polar surface area (TPSA) is 168 Å². The van der Waals surface area contributed by atoms with Gasteiger partial charge in [0.2, 0.25) is 0 Å². The first-order valence-electron chi connectivity index (χ1n) is 6.41. The number of rotatable bonds is 10. The molecule has 0 bridgehead atoms. The Morgan fingerprint density at radius 1 is 1.17 bits per heavy atom. The molecule has 0 aliphatic rings. The lowest BCUT2D eigenvalue weighted by atomic mass is 10.2. The maximum Gasteiger partial charge on any atom is 0.339 e. The molecule has 0 aromatic heterocycles. The van der Waals surface area contributed by atoms with Crippen LogP contribution in [0.3, 0.4) is 0 Å². The van der Waals surface area contributed by atoms with Gasteiger partial charge in [-0.05, 0) is 18.6 Å². The molecule has 1 unspecified atom stereocenters. The van der Waals surface area contributed by atoms with Crippen LogP contribution in [0.1, 0.15) is 23.2 Å². The number of benzene rings is 1. The zero-order chi connectivity index (χ0) is 18.1. The van der Waals surface area contributed by atoms with Crippen molar-refractivity contribution in [3.63, 3.8) is 0 Å². The van der Waals surface area contributed by atoms with Crippen molar-refractivity contribution in [3.05, 3.63) is 50.1 Å². The molecule has 130 valence electrons. The van der Waals surface area contributed by atoms with Crippen LogP contribution in [0.15, 0.2) is 24.3 Å². The van der Waals surface area contributed by atoms with E-state index in [0.29, 0.717) is 0 Å². The third kappa shape index (κ3) is 6.55. The maximum absolute atomic E-state index is 11.7. The summed E-state index contributed by atoms with van der Waals surface area (Å²) in [6.07, 6.45) is -2.07. The van der Waals surface area contributed by atoms with E-state index in [-0.39, 0.29) is 17.7 Å². The lowest BCUT2D eigenvalue weighted by molar-refractivity contribution is -0.790. The molecule has 24 heavy (non-hydrogen) atoms. The van der Waals surface area contributed by atoms with E-state index >= 15 is 0 Å². The summed E-state index contributed by atoms with van der Waals surface area (Å²) in [4.78, 5) is 51.2. The summed E-state index contributed by atoms with van der Waals surface area (Å²) in [6, 6.07) is 5.39. The van der Waals surface area contributed by atoms with Crippen molar-refractivity contribution in [2.24, 2.45) is 0 Å². The van der Waals surface area contributed by atoms with Crippen molar-refractivity contribution in [2.45, 2.75) is 18.9 Å². The van der Waals surface area contributed by atoms with Crippen LogP contribution >= 0.6 is 0 Å². The summed E-state index contributed by atoms with van der Waals surface area (Å²) < 4.78 is 4.87. The van der Waals surface area contributed by atoms with E-state index in [1.165, 1.54) is 24.3 Å². The molecule has 0 saturated heterocycles. The summed E-state index contributed by atoms with van der Waals surface area (Å²) >= 11 is 0. The smallest absolute Gasteiger partial charge is 0.339 e. The van der Waals surface area contributed by atoms with Gasteiger partial charge in [0, 0.05) is 6.42 Å². The highest BCUT2D eigenvalue weighted by molar-refractivity contribution is 5.91. The quantitative estimate of drug-likeness (QED) is 0.278. The second-order valence-electron chi connectivity index (χ2n) is 4.28. The van der Waals surface area contributed by atoms with Gasteiger partial charge in [0.05, 0.1) is 0 Å². The van der Waals surface area contributed by atoms with Gasteiger partial charge in [0.15, 0.2) is 0 Å². The highest BCUT2D eigenvalue weighted by Gasteiger charge is 2.19. The standard InChI is InChI=1S/C12H12N2O10/c15-11(23-10-4-2-1-3-9(10)12(16)17)6-5-8(24-14(20)21)7-22-13(18)19/h1-4,8H,5-7H2,(H,16,17). The van der Waals surface area contributed by atoms with Crippen LogP contribution in [-0.4, -0.2) is 39.9 Å². The number of esters is 1. The molecule has 12 nitrogen and oxygen atoms in total. The molecule has 0 amide bonds. The van der Waals surface area contributed by atoms with Gasteiger partial charge >= 0.3 is 11.9 Å². The minimum Gasteiger partial charge on any atom is -0.478 e. The second kappa shape index (κ2) is 8.87. The number of nitrogens with zero attached hydrogens (tertiary/aromatic N) is 2. The Labute approximate surface area is 133 Å².